The maximum Gasteiger partial charge on any atom is 0.306 e. The molecule has 1 fully saturated rings. The number of thioether (sulfide) groups is 1. The minimum absolute atomic E-state index is 0.0196. The lowest BCUT2D eigenvalue weighted by Crippen LogP contribution is -2.33. The minimum Gasteiger partial charge on any atom is -0.481 e. The number of carboxylic acid groups (broad SMARTS) is 1. The summed E-state index contributed by atoms with van der Waals surface area (Å²) in [5, 5.41) is 11.8. The Balaban J connectivity index is 1.92. The second kappa shape index (κ2) is 6.10. The molecule has 0 radical (unpaired) electrons. The molecule has 1 aromatic rings. The lowest BCUT2D eigenvalue weighted by molar-refractivity contribution is -0.141. The van der Waals surface area contributed by atoms with Gasteiger partial charge in [0.2, 0.25) is 0 Å². The Kier molecular flexibility index (Phi) is 4.47. The van der Waals surface area contributed by atoms with E-state index in [1.807, 2.05) is 18.4 Å². The zero-order valence-electron chi connectivity index (χ0n) is 10.8. The molecule has 1 amide bonds. The van der Waals surface area contributed by atoms with Crippen LogP contribution in [0.15, 0.2) is 29.2 Å². The normalized spacial score (nSPS) is 22.2. The van der Waals surface area contributed by atoms with E-state index in [1.54, 1.807) is 23.9 Å². The van der Waals surface area contributed by atoms with Crippen LogP contribution >= 0.6 is 11.8 Å². The molecule has 102 valence electrons. The maximum absolute atomic E-state index is 12.0. The molecular formula is C14H17NO3S. The lowest BCUT2D eigenvalue weighted by Gasteiger charge is -2.12. The van der Waals surface area contributed by atoms with E-state index in [0.29, 0.717) is 18.4 Å². The quantitative estimate of drug-likeness (QED) is 0.831. The summed E-state index contributed by atoms with van der Waals surface area (Å²) in [6.45, 7) is 0. The van der Waals surface area contributed by atoms with Gasteiger partial charge in [0.05, 0.1) is 5.92 Å². The highest BCUT2D eigenvalue weighted by Gasteiger charge is 2.30. The van der Waals surface area contributed by atoms with Crippen molar-refractivity contribution in [2.45, 2.75) is 30.2 Å². The van der Waals surface area contributed by atoms with Gasteiger partial charge in [-0.2, -0.15) is 0 Å². The Hall–Kier alpha value is -1.49. The molecule has 1 aromatic carbocycles. The number of nitrogens with one attached hydrogen (secondary N) is 1. The van der Waals surface area contributed by atoms with Gasteiger partial charge in [0.25, 0.3) is 5.91 Å². The summed E-state index contributed by atoms with van der Waals surface area (Å²) in [7, 11) is 0. The van der Waals surface area contributed by atoms with Gasteiger partial charge in [-0.15, -0.1) is 11.8 Å². The minimum atomic E-state index is -0.763. The number of carboxylic acids is 1. The first-order valence-corrected chi connectivity index (χ1v) is 7.50. The molecule has 2 rings (SSSR count). The van der Waals surface area contributed by atoms with Crippen molar-refractivity contribution in [3.63, 3.8) is 0 Å². The van der Waals surface area contributed by atoms with E-state index in [0.717, 1.165) is 11.3 Å². The lowest BCUT2D eigenvalue weighted by atomic mass is 10.1. The Morgan fingerprint density at radius 3 is 2.47 bits per heavy atom. The molecule has 0 saturated heterocycles. The van der Waals surface area contributed by atoms with E-state index in [2.05, 4.69) is 5.32 Å². The number of hydrogen-bond acceptors (Lipinski definition) is 3. The van der Waals surface area contributed by atoms with Gasteiger partial charge in [-0.3, -0.25) is 9.59 Å². The zero-order chi connectivity index (χ0) is 13.8. The first-order valence-electron chi connectivity index (χ1n) is 6.28. The fourth-order valence-electron chi connectivity index (χ4n) is 2.35. The summed E-state index contributed by atoms with van der Waals surface area (Å²) in [4.78, 5) is 24.0. The van der Waals surface area contributed by atoms with Gasteiger partial charge < -0.3 is 10.4 Å². The van der Waals surface area contributed by atoms with Gasteiger partial charge in [-0.05, 0) is 49.8 Å². The number of rotatable bonds is 4. The molecule has 2 atom stereocenters. The SMILES string of the molecule is CSc1ccc(C(=O)N[C@@H]2CC[C@H](C(=O)O)C2)cc1. The van der Waals surface area contributed by atoms with Crippen molar-refractivity contribution in [2.75, 3.05) is 6.26 Å². The predicted octanol–water partition coefficient (Wildman–Crippen LogP) is 2.39. The number of carbonyl (C=O) groups excluding carboxylic acids is 1. The van der Waals surface area contributed by atoms with Crippen molar-refractivity contribution >= 4 is 23.6 Å². The summed E-state index contributed by atoms with van der Waals surface area (Å²) < 4.78 is 0. The van der Waals surface area contributed by atoms with Crippen molar-refractivity contribution in [1.82, 2.24) is 5.32 Å². The molecule has 5 heteroatoms. The third-order valence-electron chi connectivity index (χ3n) is 3.47. The molecule has 0 aliphatic heterocycles. The van der Waals surface area contributed by atoms with Gasteiger partial charge >= 0.3 is 5.97 Å². The zero-order valence-corrected chi connectivity index (χ0v) is 11.6. The van der Waals surface area contributed by atoms with Crippen LogP contribution in [0.25, 0.3) is 0 Å². The first-order chi connectivity index (χ1) is 9.10. The van der Waals surface area contributed by atoms with Gasteiger partial charge in [0, 0.05) is 16.5 Å². The second-order valence-electron chi connectivity index (χ2n) is 4.75. The first kappa shape index (κ1) is 13.9. The van der Waals surface area contributed by atoms with Crippen LogP contribution in [0.2, 0.25) is 0 Å². The highest BCUT2D eigenvalue weighted by molar-refractivity contribution is 7.98. The molecule has 0 unspecified atom stereocenters. The Morgan fingerprint density at radius 1 is 1.26 bits per heavy atom. The number of carbonyl (C=O) groups is 2. The monoisotopic (exact) mass is 279 g/mol. The van der Waals surface area contributed by atoms with Crippen molar-refractivity contribution in [3.8, 4) is 0 Å². The largest absolute Gasteiger partial charge is 0.481 e. The van der Waals surface area contributed by atoms with Crippen LogP contribution in [-0.2, 0) is 4.79 Å². The van der Waals surface area contributed by atoms with E-state index in [9.17, 15) is 9.59 Å². The van der Waals surface area contributed by atoms with Crippen LogP contribution in [-0.4, -0.2) is 29.3 Å². The summed E-state index contributed by atoms with van der Waals surface area (Å²) >= 11 is 1.63. The van der Waals surface area contributed by atoms with Crippen molar-refractivity contribution < 1.29 is 14.7 Å². The molecule has 0 spiro atoms. The third-order valence-corrected chi connectivity index (χ3v) is 4.21. The van der Waals surface area contributed by atoms with Crippen LogP contribution < -0.4 is 5.32 Å². The average Bonchev–Trinajstić information content (AvgIpc) is 2.87. The van der Waals surface area contributed by atoms with Gasteiger partial charge in [0.15, 0.2) is 0 Å². The van der Waals surface area contributed by atoms with E-state index in [-0.39, 0.29) is 17.9 Å². The highest BCUT2D eigenvalue weighted by atomic mass is 32.2. The second-order valence-corrected chi connectivity index (χ2v) is 5.63. The van der Waals surface area contributed by atoms with Crippen molar-refractivity contribution in [2.24, 2.45) is 5.92 Å². The highest BCUT2D eigenvalue weighted by Crippen LogP contribution is 2.26. The van der Waals surface area contributed by atoms with Crippen LogP contribution in [0.3, 0.4) is 0 Å². The van der Waals surface area contributed by atoms with E-state index < -0.39 is 5.97 Å². The molecule has 1 saturated carbocycles. The molecule has 0 heterocycles. The molecule has 4 nitrogen and oxygen atoms in total. The molecule has 0 bridgehead atoms. The van der Waals surface area contributed by atoms with Crippen LogP contribution in [0.5, 0.6) is 0 Å². The van der Waals surface area contributed by atoms with Gasteiger partial charge in [-0.1, -0.05) is 0 Å². The number of aliphatic carboxylic acids is 1. The molecular weight excluding hydrogens is 262 g/mol. The Bertz CT molecular complexity index is 472. The third kappa shape index (κ3) is 3.50. The number of hydrogen-bond donors (Lipinski definition) is 2. The number of amides is 1. The summed E-state index contributed by atoms with van der Waals surface area (Å²) in [5.74, 6) is -1.20. The topological polar surface area (TPSA) is 66.4 Å². The summed E-state index contributed by atoms with van der Waals surface area (Å²) in [6, 6.07) is 7.40. The smallest absolute Gasteiger partial charge is 0.306 e. The molecule has 19 heavy (non-hydrogen) atoms. The fraction of sp³-hybridized carbons (Fsp3) is 0.429. The molecule has 1 aliphatic rings. The average molecular weight is 279 g/mol. The van der Waals surface area contributed by atoms with E-state index in [1.165, 1.54) is 0 Å². The van der Waals surface area contributed by atoms with Gasteiger partial charge in [-0.25, -0.2) is 0 Å². The maximum atomic E-state index is 12.0. The van der Waals surface area contributed by atoms with Crippen molar-refractivity contribution in [3.05, 3.63) is 29.8 Å². The molecule has 2 N–H and O–H groups in total. The van der Waals surface area contributed by atoms with Crippen LogP contribution in [0, 0.1) is 5.92 Å². The van der Waals surface area contributed by atoms with Gasteiger partial charge in [0.1, 0.15) is 0 Å². The van der Waals surface area contributed by atoms with Crippen LogP contribution in [0.4, 0.5) is 0 Å². The molecule has 0 aromatic heterocycles. The summed E-state index contributed by atoms with van der Waals surface area (Å²) in [6.07, 6.45) is 3.90. The Labute approximate surface area is 116 Å². The standard InChI is InChI=1S/C14H17NO3S/c1-19-12-6-3-9(4-7-12)13(16)15-11-5-2-10(8-11)14(17)18/h3-4,6-7,10-11H,2,5,8H2,1H3,(H,15,16)(H,17,18)/t10-,11+/m0/s1. The fourth-order valence-corrected chi connectivity index (χ4v) is 2.76. The number of benzene rings is 1. The van der Waals surface area contributed by atoms with Crippen LogP contribution in [0.1, 0.15) is 29.6 Å². The van der Waals surface area contributed by atoms with Crippen molar-refractivity contribution in [1.29, 1.82) is 0 Å². The van der Waals surface area contributed by atoms with E-state index >= 15 is 0 Å². The predicted molar refractivity (Wildman–Crippen MR) is 74.5 cm³/mol. The Morgan fingerprint density at radius 2 is 1.95 bits per heavy atom. The molecule has 1 aliphatic carbocycles. The summed E-state index contributed by atoms with van der Waals surface area (Å²) in [5.41, 5.74) is 0.622. The van der Waals surface area contributed by atoms with E-state index in [4.69, 9.17) is 5.11 Å².